The predicted octanol–water partition coefficient (Wildman–Crippen LogP) is 1.05. The number of hydrogen-bond donors (Lipinski definition) is 2. The van der Waals surface area contributed by atoms with Crippen LogP contribution in [-0.4, -0.2) is 76.8 Å². The lowest BCUT2D eigenvalue weighted by molar-refractivity contribution is -0.154. The number of thiazole rings is 1. The van der Waals surface area contributed by atoms with Crippen molar-refractivity contribution in [3.8, 4) is 0 Å². The minimum atomic E-state index is -1.02. The molecule has 0 aliphatic carbocycles. The number of nitrogens with two attached hydrogens (primary N) is 1. The molecular weight excluding hydrogens is 528 g/mol. The van der Waals surface area contributed by atoms with E-state index in [1.54, 1.807) is 6.92 Å². The van der Waals surface area contributed by atoms with Gasteiger partial charge in [0.25, 0.3) is 11.8 Å². The predicted molar refractivity (Wildman–Crippen MR) is 133 cm³/mol. The van der Waals surface area contributed by atoms with Gasteiger partial charge in [-0.15, -0.1) is 23.1 Å². The molecule has 0 radical (unpaired) electrons. The third kappa shape index (κ3) is 5.84. The maximum atomic E-state index is 13.1. The second-order valence-corrected chi connectivity index (χ2v) is 9.15. The quantitative estimate of drug-likeness (QED) is 0.0486. The van der Waals surface area contributed by atoms with Crippen LogP contribution in [0.2, 0.25) is 0 Å². The van der Waals surface area contributed by atoms with E-state index in [1.165, 1.54) is 37.3 Å². The molecule has 1 fully saturated rings. The van der Waals surface area contributed by atoms with Gasteiger partial charge in [0.1, 0.15) is 29.9 Å². The molecule has 0 spiro atoms. The van der Waals surface area contributed by atoms with Gasteiger partial charge >= 0.3 is 11.9 Å². The van der Waals surface area contributed by atoms with Crippen LogP contribution < -0.4 is 11.1 Å². The van der Waals surface area contributed by atoms with Gasteiger partial charge in [-0.05, 0) is 31.0 Å². The first-order valence-corrected chi connectivity index (χ1v) is 12.6. The summed E-state index contributed by atoms with van der Waals surface area (Å²) < 4.78 is 10.1. The Morgan fingerprint density at radius 1 is 1.43 bits per heavy atom. The molecule has 2 aliphatic heterocycles. The lowest BCUT2D eigenvalue weighted by Crippen LogP contribution is -2.71. The first-order chi connectivity index (χ1) is 17.8. The SMILES string of the molecule is C/C=C(\OC(=O)C1=C(CN=[N+]=[N-])CS[C@@H]2[C@H](NC(=O)/C(=N\OC)c3csc(N)n3)C(=O)N12)C(=O)OCC. The van der Waals surface area contributed by atoms with Gasteiger partial charge in [0.2, 0.25) is 5.76 Å². The van der Waals surface area contributed by atoms with E-state index in [4.69, 9.17) is 25.6 Å². The number of carbonyl (C=O) groups excluding carboxylic acids is 4. The fraction of sp³-hybridized carbons (Fsp3) is 0.400. The van der Waals surface area contributed by atoms with Crippen LogP contribution in [0.3, 0.4) is 0 Å². The van der Waals surface area contributed by atoms with Gasteiger partial charge in [-0.1, -0.05) is 10.3 Å². The number of esters is 2. The van der Waals surface area contributed by atoms with Crippen molar-refractivity contribution in [2.75, 3.05) is 31.7 Å². The molecule has 0 aromatic carbocycles. The number of azide groups is 1. The highest BCUT2D eigenvalue weighted by molar-refractivity contribution is 8.00. The molecule has 3 heterocycles. The number of aromatic nitrogens is 1. The topological polar surface area (TPSA) is 211 Å². The Kier molecular flexibility index (Phi) is 9.10. The summed E-state index contributed by atoms with van der Waals surface area (Å²) in [7, 11) is 1.25. The number of amides is 2. The van der Waals surface area contributed by atoms with Crippen LogP contribution in [0.1, 0.15) is 19.5 Å². The number of hydrogen-bond acceptors (Lipinski definition) is 13. The molecule has 0 unspecified atom stereocenters. The Morgan fingerprint density at radius 3 is 2.78 bits per heavy atom. The maximum Gasteiger partial charge on any atom is 0.374 e. The van der Waals surface area contributed by atoms with Crippen molar-refractivity contribution in [3.05, 3.63) is 44.6 Å². The van der Waals surface area contributed by atoms with Gasteiger partial charge in [-0.3, -0.25) is 14.5 Å². The number of oxime groups is 1. The minimum absolute atomic E-state index is 0.0606. The minimum Gasteiger partial charge on any atom is -0.460 e. The highest BCUT2D eigenvalue weighted by Gasteiger charge is 2.54. The molecule has 1 aromatic heterocycles. The van der Waals surface area contributed by atoms with Crippen molar-refractivity contribution in [2.24, 2.45) is 10.3 Å². The molecule has 2 aliphatic rings. The maximum absolute atomic E-state index is 13.1. The lowest BCUT2D eigenvalue weighted by Gasteiger charge is -2.49. The first kappa shape index (κ1) is 27.5. The molecule has 1 aromatic rings. The Labute approximate surface area is 218 Å². The van der Waals surface area contributed by atoms with Gasteiger partial charge in [0.05, 0.1) is 13.2 Å². The molecule has 1 saturated heterocycles. The Bertz CT molecular complexity index is 1250. The van der Waals surface area contributed by atoms with Crippen LogP contribution in [-0.2, 0) is 33.5 Å². The summed E-state index contributed by atoms with van der Waals surface area (Å²) in [5.74, 6) is -3.40. The highest BCUT2D eigenvalue weighted by Crippen LogP contribution is 2.41. The van der Waals surface area contributed by atoms with E-state index < -0.39 is 35.2 Å². The second-order valence-electron chi connectivity index (χ2n) is 7.16. The zero-order chi connectivity index (χ0) is 27.1. The second kappa shape index (κ2) is 12.2. The van der Waals surface area contributed by atoms with Crippen LogP contribution in [0.15, 0.2) is 38.8 Å². The Balaban J connectivity index is 1.84. The van der Waals surface area contributed by atoms with Gasteiger partial charge in [0, 0.05) is 16.0 Å². The fourth-order valence-corrected chi connectivity index (χ4v) is 5.26. The van der Waals surface area contributed by atoms with E-state index in [1.807, 2.05) is 0 Å². The molecule has 2 atom stereocenters. The number of β-lactam (4-membered cyclic amide) rings is 1. The van der Waals surface area contributed by atoms with Crippen molar-refractivity contribution >= 4 is 57.7 Å². The van der Waals surface area contributed by atoms with Crippen molar-refractivity contribution in [1.29, 1.82) is 0 Å². The van der Waals surface area contributed by atoms with E-state index in [2.05, 4.69) is 25.5 Å². The van der Waals surface area contributed by atoms with Gasteiger partial charge in [-0.2, -0.15) is 0 Å². The molecule has 15 nitrogen and oxygen atoms in total. The number of ether oxygens (including phenoxy) is 2. The number of nitrogens with zero attached hydrogens (tertiary/aromatic N) is 6. The fourth-order valence-electron chi connectivity index (χ4n) is 3.38. The summed E-state index contributed by atoms with van der Waals surface area (Å²) in [5.41, 5.74) is 14.5. The smallest absolute Gasteiger partial charge is 0.374 e. The van der Waals surface area contributed by atoms with E-state index >= 15 is 0 Å². The third-order valence-corrected chi connectivity index (χ3v) is 6.97. The number of nitrogens with one attached hydrogen (secondary N) is 1. The molecular formula is C20H22N8O7S2. The number of thioether (sulfide) groups is 1. The molecule has 0 bridgehead atoms. The molecule has 17 heteroatoms. The van der Waals surface area contributed by atoms with E-state index in [9.17, 15) is 19.2 Å². The standard InChI is InChI=1S/C20H22N8O7S2/c1-4-11(18(31)34-5-2)35-19(32)14-9(6-23-27-22)7-36-17-13(16(30)28(14)17)25-15(29)12(26-33-3)10-8-37-20(21)24-10/h4,8,13,17H,5-7H2,1-3H3,(H2,21,24)(H,25,29)/b11-4-,26-12-/t13-,17-/m1/s1. The number of carbonyl (C=O) groups is 4. The average Bonchev–Trinajstić information content (AvgIpc) is 3.32. The third-order valence-electron chi connectivity index (χ3n) is 4.96. The van der Waals surface area contributed by atoms with Crippen LogP contribution >= 0.6 is 23.1 Å². The first-order valence-electron chi connectivity index (χ1n) is 10.6. The number of rotatable bonds is 10. The summed E-state index contributed by atoms with van der Waals surface area (Å²) in [6.45, 7) is 2.92. The van der Waals surface area contributed by atoms with Gasteiger partial charge < -0.3 is 25.4 Å². The Hall–Kier alpha value is -4.08. The normalized spacial score (nSPS) is 19.3. The largest absolute Gasteiger partial charge is 0.460 e. The van der Waals surface area contributed by atoms with Crippen molar-refractivity contribution in [1.82, 2.24) is 15.2 Å². The van der Waals surface area contributed by atoms with Crippen LogP contribution in [0.4, 0.5) is 5.13 Å². The molecule has 196 valence electrons. The van der Waals surface area contributed by atoms with Crippen molar-refractivity contribution in [2.45, 2.75) is 25.3 Å². The molecule has 3 rings (SSSR count). The van der Waals surface area contributed by atoms with Crippen molar-refractivity contribution < 1.29 is 33.5 Å². The van der Waals surface area contributed by atoms with Gasteiger partial charge in [0.15, 0.2) is 10.8 Å². The van der Waals surface area contributed by atoms with E-state index in [0.717, 1.165) is 16.2 Å². The van der Waals surface area contributed by atoms with Crippen LogP contribution in [0.5, 0.6) is 0 Å². The zero-order valence-electron chi connectivity index (χ0n) is 19.9. The number of nitrogen functional groups attached to an aromatic ring is 1. The lowest BCUT2D eigenvalue weighted by atomic mass is 10.0. The van der Waals surface area contributed by atoms with Crippen LogP contribution in [0, 0.1) is 0 Å². The summed E-state index contributed by atoms with van der Waals surface area (Å²) in [6.07, 6.45) is 1.25. The zero-order valence-corrected chi connectivity index (χ0v) is 21.5. The van der Waals surface area contributed by atoms with E-state index in [0.29, 0.717) is 5.57 Å². The van der Waals surface area contributed by atoms with Crippen LogP contribution in [0.25, 0.3) is 10.4 Å². The Morgan fingerprint density at radius 2 is 2.19 bits per heavy atom. The molecule has 2 amide bonds. The summed E-state index contributed by atoms with van der Waals surface area (Å²) in [5, 5.41) is 10.8. The molecule has 37 heavy (non-hydrogen) atoms. The number of anilines is 1. The highest BCUT2D eigenvalue weighted by atomic mass is 32.2. The van der Waals surface area contributed by atoms with Crippen molar-refractivity contribution in [3.63, 3.8) is 0 Å². The average molecular weight is 551 g/mol. The van der Waals surface area contributed by atoms with E-state index in [-0.39, 0.29) is 46.9 Å². The monoisotopic (exact) mass is 550 g/mol. The summed E-state index contributed by atoms with van der Waals surface area (Å²) in [6, 6.07) is -1.02. The number of allylic oxidation sites excluding steroid dienone is 1. The number of fused-ring (bicyclic) bond motifs is 1. The summed E-state index contributed by atoms with van der Waals surface area (Å²) >= 11 is 2.34. The molecule has 3 N–H and O–H groups in total. The molecule has 0 saturated carbocycles. The van der Waals surface area contributed by atoms with Gasteiger partial charge in [-0.25, -0.2) is 14.6 Å². The summed E-state index contributed by atoms with van der Waals surface area (Å²) in [4.78, 5) is 63.8.